The number of rotatable bonds is 6. The minimum atomic E-state index is -0.373. The van der Waals surface area contributed by atoms with Crippen LogP contribution in [0, 0.1) is 5.92 Å². The molecular formula is C50H35N3S. The second kappa shape index (κ2) is 12.9. The summed E-state index contributed by atoms with van der Waals surface area (Å²) in [6, 6.07) is 48.2. The molecular weight excluding hydrogens is 675 g/mol. The number of benzene rings is 5. The first-order valence-corrected chi connectivity index (χ1v) is 19.2. The number of thioether (sulfide) groups is 1. The van der Waals surface area contributed by atoms with Gasteiger partial charge in [-0.15, -0.1) is 11.8 Å². The highest BCUT2D eigenvalue weighted by atomic mass is 32.2. The van der Waals surface area contributed by atoms with Crippen LogP contribution in [0.1, 0.15) is 28.2 Å². The molecule has 0 saturated heterocycles. The van der Waals surface area contributed by atoms with Crippen molar-refractivity contribution in [3.8, 4) is 33.5 Å². The van der Waals surface area contributed by atoms with Gasteiger partial charge in [0.15, 0.2) is 5.82 Å². The average Bonchev–Trinajstić information content (AvgIpc) is 3.53. The van der Waals surface area contributed by atoms with Crippen LogP contribution in [0.4, 0.5) is 0 Å². The molecule has 2 aromatic heterocycles. The van der Waals surface area contributed by atoms with Crippen LogP contribution in [0.2, 0.25) is 0 Å². The smallest absolute Gasteiger partial charge is 0.159 e. The van der Waals surface area contributed by atoms with Gasteiger partial charge in [-0.1, -0.05) is 165 Å². The van der Waals surface area contributed by atoms with Crippen LogP contribution in [-0.4, -0.2) is 20.2 Å². The highest BCUT2D eigenvalue weighted by Gasteiger charge is 2.55. The van der Waals surface area contributed by atoms with Crippen molar-refractivity contribution < 1.29 is 0 Å². The van der Waals surface area contributed by atoms with Crippen LogP contribution in [-0.2, 0) is 5.41 Å². The van der Waals surface area contributed by atoms with Crippen LogP contribution in [0.15, 0.2) is 194 Å². The number of fused-ring (bicyclic) bond motifs is 10. The first kappa shape index (κ1) is 32.3. The van der Waals surface area contributed by atoms with Crippen molar-refractivity contribution in [2.24, 2.45) is 5.92 Å². The van der Waals surface area contributed by atoms with E-state index >= 15 is 0 Å². The van der Waals surface area contributed by atoms with E-state index in [0.717, 1.165) is 44.6 Å². The maximum Gasteiger partial charge on any atom is 0.159 e. The van der Waals surface area contributed by atoms with E-state index in [9.17, 15) is 0 Å². The Kier molecular flexibility index (Phi) is 7.74. The Hall–Kier alpha value is -6.36. The SMILES string of the molecule is C=C/C=C\C(=C)c1nc(C2=CC3Sc4cc(-c5cccc6cccnc56)ccc4C4(c5ccccc5-c5ccccc54)C3C=C2)cc(-c2ccccc2)n1. The fraction of sp³-hybridized carbons (Fsp3) is 0.0600. The molecule has 5 aromatic carbocycles. The largest absolute Gasteiger partial charge is 0.256 e. The summed E-state index contributed by atoms with van der Waals surface area (Å²) in [5.41, 5.74) is 14.3. The van der Waals surface area contributed by atoms with Crippen LogP contribution >= 0.6 is 11.8 Å². The molecule has 1 aliphatic heterocycles. The molecule has 0 N–H and O–H groups in total. The van der Waals surface area contributed by atoms with E-state index in [1.165, 1.54) is 38.3 Å². The van der Waals surface area contributed by atoms with E-state index in [4.69, 9.17) is 15.0 Å². The van der Waals surface area contributed by atoms with E-state index in [-0.39, 0.29) is 16.6 Å². The zero-order valence-electron chi connectivity index (χ0n) is 29.6. The third-order valence-electron chi connectivity index (χ3n) is 11.1. The maximum atomic E-state index is 5.13. The summed E-state index contributed by atoms with van der Waals surface area (Å²) < 4.78 is 0. The Morgan fingerprint density at radius 3 is 2.20 bits per heavy atom. The van der Waals surface area contributed by atoms with Gasteiger partial charge in [-0.3, -0.25) is 4.98 Å². The summed E-state index contributed by atoms with van der Waals surface area (Å²) >= 11 is 1.95. The number of hydrogen-bond donors (Lipinski definition) is 0. The normalized spacial score (nSPS) is 17.4. The molecule has 3 nitrogen and oxygen atoms in total. The lowest BCUT2D eigenvalue weighted by molar-refractivity contribution is 0.450. The van der Waals surface area contributed by atoms with Gasteiger partial charge >= 0.3 is 0 Å². The first-order valence-electron chi connectivity index (χ1n) is 18.3. The second-order valence-electron chi connectivity index (χ2n) is 14.0. The van der Waals surface area contributed by atoms with E-state index < -0.39 is 0 Å². The number of nitrogens with zero attached hydrogens (tertiary/aromatic N) is 3. The Labute approximate surface area is 319 Å². The molecule has 3 heterocycles. The summed E-state index contributed by atoms with van der Waals surface area (Å²) in [5.74, 6) is 0.764. The first-order chi connectivity index (χ1) is 26.6. The van der Waals surface area contributed by atoms with Crippen molar-refractivity contribution in [1.82, 2.24) is 15.0 Å². The molecule has 256 valence electrons. The lowest BCUT2D eigenvalue weighted by atomic mass is 9.61. The molecule has 2 atom stereocenters. The third-order valence-corrected chi connectivity index (χ3v) is 12.4. The van der Waals surface area contributed by atoms with Gasteiger partial charge < -0.3 is 0 Å². The van der Waals surface area contributed by atoms with Crippen molar-refractivity contribution in [3.63, 3.8) is 0 Å². The van der Waals surface area contributed by atoms with Crippen LogP contribution in [0.25, 0.3) is 55.6 Å². The number of aromatic nitrogens is 3. The summed E-state index contributed by atoms with van der Waals surface area (Å²) in [4.78, 5) is 16.2. The molecule has 0 bridgehead atoms. The van der Waals surface area contributed by atoms with Crippen molar-refractivity contribution in [1.29, 1.82) is 0 Å². The van der Waals surface area contributed by atoms with E-state index in [2.05, 4.69) is 141 Å². The van der Waals surface area contributed by atoms with Crippen molar-refractivity contribution in [2.45, 2.75) is 15.6 Å². The van der Waals surface area contributed by atoms with Gasteiger partial charge in [0.1, 0.15) is 0 Å². The van der Waals surface area contributed by atoms with Crippen LogP contribution in [0.5, 0.6) is 0 Å². The lowest BCUT2D eigenvalue weighted by Gasteiger charge is -2.48. The molecule has 2 unspecified atom stereocenters. The van der Waals surface area contributed by atoms with Gasteiger partial charge in [-0.2, -0.15) is 0 Å². The van der Waals surface area contributed by atoms with Crippen molar-refractivity contribution in [2.75, 3.05) is 0 Å². The number of para-hydroxylation sites is 1. The fourth-order valence-corrected chi connectivity index (χ4v) is 10.3. The molecule has 54 heavy (non-hydrogen) atoms. The Balaban J connectivity index is 1.17. The predicted molar refractivity (Wildman–Crippen MR) is 225 cm³/mol. The average molecular weight is 710 g/mol. The Morgan fingerprint density at radius 2 is 1.41 bits per heavy atom. The standard InChI is InChI=1S/C50H35N3S/c1-3-4-14-32(2)49-52-44(33-15-6-5-7-16-33)31-45(53-49)36-25-27-43-47(30-36)54-46-29-35(37-21-12-17-34-18-13-28-51-48(34)37)24-26-42(46)50(43)40-22-10-8-19-38(40)39-20-9-11-23-41(39)50/h3-31,43,47H,1-2H2/b14-4-. The molecule has 2 aliphatic carbocycles. The highest BCUT2D eigenvalue weighted by molar-refractivity contribution is 8.00. The lowest BCUT2D eigenvalue weighted by Crippen LogP contribution is -2.44. The van der Waals surface area contributed by atoms with Crippen LogP contribution < -0.4 is 0 Å². The minimum absolute atomic E-state index is 0.125. The fourth-order valence-electron chi connectivity index (χ4n) is 8.77. The number of hydrogen-bond acceptors (Lipinski definition) is 4. The van der Waals surface area contributed by atoms with E-state index in [1.54, 1.807) is 6.08 Å². The molecule has 0 saturated carbocycles. The molecule has 0 radical (unpaired) electrons. The molecule has 10 rings (SSSR count). The zero-order valence-corrected chi connectivity index (χ0v) is 30.4. The molecule has 0 amide bonds. The predicted octanol–water partition coefficient (Wildman–Crippen LogP) is 12.2. The zero-order chi connectivity index (χ0) is 36.2. The van der Waals surface area contributed by atoms with Gasteiger partial charge in [-0.25, -0.2) is 9.97 Å². The van der Waals surface area contributed by atoms with Gasteiger partial charge in [0.05, 0.1) is 22.3 Å². The summed E-state index contributed by atoms with van der Waals surface area (Å²) in [5, 5.41) is 1.27. The van der Waals surface area contributed by atoms with Gasteiger partial charge in [0, 0.05) is 44.3 Å². The monoisotopic (exact) mass is 709 g/mol. The molecule has 1 spiro atoms. The number of allylic oxidation sites excluding steroid dienone is 7. The maximum absolute atomic E-state index is 5.13. The van der Waals surface area contributed by atoms with Crippen LogP contribution in [0.3, 0.4) is 0 Å². The Morgan fingerprint density at radius 1 is 0.685 bits per heavy atom. The van der Waals surface area contributed by atoms with Crippen molar-refractivity contribution in [3.05, 3.63) is 217 Å². The molecule has 0 fully saturated rings. The molecule has 3 aliphatic rings. The quantitative estimate of drug-likeness (QED) is 0.161. The molecule has 4 heteroatoms. The van der Waals surface area contributed by atoms with Gasteiger partial charge in [-0.05, 0) is 57.2 Å². The number of pyridine rings is 1. The topological polar surface area (TPSA) is 38.7 Å². The minimum Gasteiger partial charge on any atom is -0.256 e. The molecule has 7 aromatic rings. The highest BCUT2D eigenvalue weighted by Crippen LogP contribution is 2.64. The summed E-state index contributed by atoms with van der Waals surface area (Å²) in [6.45, 7) is 8.15. The second-order valence-corrected chi connectivity index (χ2v) is 15.2. The van der Waals surface area contributed by atoms with E-state index in [0.29, 0.717) is 5.82 Å². The van der Waals surface area contributed by atoms with Gasteiger partial charge in [0.25, 0.3) is 0 Å². The van der Waals surface area contributed by atoms with Gasteiger partial charge in [0.2, 0.25) is 0 Å². The Bertz CT molecular complexity index is 2700. The van der Waals surface area contributed by atoms with E-state index in [1.807, 2.05) is 54.4 Å². The summed E-state index contributed by atoms with van der Waals surface area (Å²) in [6.07, 6.45) is 14.6. The van der Waals surface area contributed by atoms with Crippen molar-refractivity contribution >= 4 is 33.8 Å². The summed E-state index contributed by atoms with van der Waals surface area (Å²) in [7, 11) is 0. The third kappa shape index (κ3) is 5.02.